The smallest absolute Gasteiger partial charge is 0.131 e. The van der Waals surface area contributed by atoms with E-state index >= 15 is 0 Å². The molecule has 1 aliphatic carbocycles. The van der Waals surface area contributed by atoms with Crippen molar-refractivity contribution in [2.45, 2.75) is 56.7 Å². The molecule has 2 aliphatic rings. The number of hydrogen-bond donors (Lipinski definition) is 1. The number of rotatable bonds is 0. The van der Waals surface area contributed by atoms with Gasteiger partial charge in [-0.05, 0) is 26.8 Å². The van der Waals surface area contributed by atoms with E-state index in [1.807, 2.05) is 0 Å². The lowest BCUT2D eigenvalue weighted by molar-refractivity contribution is -0.0913. The van der Waals surface area contributed by atoms with E-state index in [0.717, 1.165) is 12.8 Å². The second-order valence-corrected chi connectivity index (χ2v) is 5.25. The van der Waals surface area contributed by atoms with Gasteiger partial charge in [0.1, 0.15) is 5.60 Å². The third kappa shape index (κ3) is 1.68. The minimum atomic E-state index is -0.850. The third-order valence-corrected chi connectivity index (χ3v) is 4.42. The Bertz CT molecular complexity index is 283. The van der Waals surface area contributed by atoms with Crippen LogP contribution in [-0.2, 0) is 0 Å². The molecule has 1 aliphatic heterocycles. The van der Waals surface area contributed by atoms with Crippen molar-refractivity contribution in [2.75, 3.05) is 7.05 Å². The molecule has 15 heavy (non-hydrogen) atoms. The first-order valence-electron chi connectivity index (χ1n) is 6.00. The van der Waals surface area contributed by atoms with Gasteiger partial charge in [0.25, 0.3) is 0 Å². The molecule has 0 amide bonds. The van der Waals surface area contributed by atoms with E-state index in [-0.39, 0.29) is 5.92 Å². The molecule has 0 aromatic heterocycles. The molecule has 0 bridgehead atoms. The molecule has 0 spiro atoms. The summed E-state index contributed by atoms with van der Waals surface area (Å²) >= 11 is 0. The summed E-state index contributed by atoms with van der Waals surface area (Å²) in [4.78, 5) is 2.41. The van der Waals surface area contributed by atoms with E-state index in [1.165, 1.54) is 19.3 Å². The Balaban J connectivity index is 2.27. The number of piperidine rings is 1. The summed E-state index contributed by atoms with van der Waals surface area (Å²) in [7, 11) is 2.17. The Morgan fingerprint density at radius 2 is 2.07 bits per heavy atom. The lowest BCUT2D eigenvalue weighted by Crippen LogP contribution is -2.60. The highest BCUT2D eigenvalue weighted by atomic mass is 16.3. The molecular formula is C13H21NO. The number of nitrogens with zero attached hydrogens (tertiary/aromatic N) is 1. The van der Waals surface area contributed by atoms with Crippen LogP contribution < -0.4 is 0 Å². The van der Waals surface area contributed by atoms with Crippen LogP contribution in [0, 0.1) is 18.3 Å². The molecular weight excluding hydrogens is 186 g/mol. The zero-order chi connectivity index (χ0) is 11.1. The Kier molecular flexibility index (Phi) is 2.79. The average Bonchev–Trinajstić information content (AvgIpc) is 2.26. The molecule has 1 saturated carbocycles. The molecule has 1 heterocycles. The van der Waals surface area contributed by atoms with Gasteiger partial charge in [0.05, 0.1) is 0 Å². The summed E-state index contributed by atoms with van der Waals surface area (Å²) in [5.41, 5.74) is -0.850. The highest BCUT2D eigenvalue weighted by Crippen LogP contribution is 2.42. The van der Waals surface area contributed by atoms with Gasteiger partial charge in [-0.1, -0.05) is 18.8 Å². The van der Waals surface area contributed by atoms with Crippen LogP contribution in [0.4, 0.5) is 0 Å². The van der Waals surface area contributed by atoms with Crippen molar-refractivity contribution < 1.29 is 5.11 Å². The summed E-state index contributed by atoms with van der Waals surface area (Å²) in [5, 5.41) is 10.5. The van der Waals surface area contributed by atoms with Gasteiger partial charge in [-0.15, -0.1) is 6.42 Å². The lowest BCUT2D eigenvalue weighted by Gasteiger charge is -2.52. The van der Waals surface area contributed by atoms with E-state index in [9.17, 15) is 5.11 Å². The second-order valence-electron chi connectivity index (χ2n) is 5.25. The molecule has 0 radical (unpaired) electrons. The maximum Gasteiger partial charge on any atom is 0.131 e. The molecule has 84 valence electrons. The van der Waals surface area contributed by atoms with Crippen molar-refractivity contribution in [3.8, 4) is 12.3 Å². The Morgan fingerprint density at radius 1 is 1.40 bits per heavy atom. The van der Waals surface area contributed by atoms with E-state index in [2.05, 4.69) is 24.8 Å². The van der Waals surface area contributed by atoms with Crippen molar-refractivity contribution in [1.82, 2.24) is 4.90 Å². The lowest BCUT2D eigenvalue weighted by atomic mass is 9.68. The molecule has 2 rings (SSSR count). The molecule has 1 N–H and O–H groups in total. The molecule has 4 atom stereocenters. The van der Waals surface area contributed by atoms with Crippen LogP contribution >= 0.6 is 0 Å². The van der Waals surface area contributed by atoms with Gasteiger partial charge in [-0.2, -0.15) is 0 Å². The fraction of sp³-hybridized carbons (Fsp3) is 0.846. The van der Waals surface area contributed by atoms with Crippen molar-refractivity contribution in [3.63, 3.8) is 0 Å². The second kappa shape index (κ2) is 3.81. The van der Waals surface area contributed by atoms with E-state index in [4.69, 9.17) is 6.42 Å². The van der Waals surface area contributed by atoms with Crippen LogP contribution in [0.25, 0.3) is 0 Å². The van der Waals surface area contributed by atoms with Gasteiger partial charge in [0, 0.05) is 24.4 Å². The topological polar surface area (TPSA) is 23.5 Å². The van der Waals surface area contributed by atoms with E-state index in [0.29, 0.717) is 12.1 Å². The molecule has 2 fully saturated rings. The van der Waals surface area contributed by atoms with Crippen LogP contribution in [0.1, 0.15) is 39.0 Å². The monoisotopic (exact) mass is 207 g/mol. The minimum absolute atomic E-state index is 0.289. The van der Waals surface area contributed by atoms with Crippen molar-refractivity contribution in [3.05, 3.63) is 0 Å². The quantitative estimate of drug-likeness (QED) is 0.610. The fourth-order valence-corrected chi connectivity index (χ4v) is 3.39. The zero-order valence-electron chi connectivity index (χ0n) is 9.74. The SMILES string of the molecule is C#C[C@@]1(O)C[C@H](C)N(C)[C@H]2CCCC[C@@H]21. The minimum Gasteiger partial charge on any atom is -0.377 e. The summed E-state index contributed by atoms with van der Waals surface area (Å²) in [5.74, 6) is 2.95. The first-order chi connectivity index (χ1) is 7.08. The number of likely N-dealkylation sites (tertiary alicyclic amines) is 1. The Labute approximate surface area is 92.7 Å². The molecule has 2 heteroatoms. The average molecular weight is 207 g/mol. The van der Waals surface area contributed by atoms with Crippen LogP contribution in [0.5, 0.6) is 0 Å². The third-order valence-electron chi connectivity index (χ3n) is 4.42. The largest absolute Gasteiger partial charge is 0.377 e. The molecule has 0 aromatic carbocycles. The first-order valence-corrected chi connectivity index (χ1v) is 6.00. The van der Waals surface area contributed by atoms with Gasteiger partial charge in [0.15, 0.2) is 0 Å². The van der Waals surface area contributed by atoms with Crippen molar-refractivity contribution >= 4 is 0 Å². The van der Waals surface area contributed by atoms with E-state index in [1.54, 1.807) is 0 Å². The Morgan fingerprint density at radius 3 is 2.73 bits per heavy atom. The van der Waals surface area contributed by atoms with Crippen LogP contribution in [0.15, 0.2) is 0 Å². The Hall–Kier alpha value is -0.520. The molecule has 0 aromatic rings. The fourth-order valence-electron chi connectivity index (χ4n) is 3.39. The highest BCUT2D eigenvalue weighted by molar-refractivity contribution is 5.17. The standard InChI is InChI=1S/C13H21NO/c1-4-13(15)9-10(2)14(3)12-8-6-5-7-11(12)13/h1,10-12,15H,5-9H2,2-3H3/t10-,11-,12-,13+/m0/s1. The van der Waals surface area contributed by atoms with Crippen molar-refractivity contribution in [2.24, 2.45) is 5.92 Å². The predicted molar refractivity (Wildman–Crippen MR) is 61.4 cm³/mol. The molecule has 0 unspecified atom stereocenters. The predicted octanol–water partition coefficient (Wildman–Crippen LogP) is 1.63. The number of fused-ring (bicyclic) bond motifs is 1. The summed E-state index contributed by atoms with van der Waals surface area (Å²) in [6.07, 6.45) is 11.0. The van der Waals surface area contributed by atoms with Gasteiger partial charge in [0.2, 0.25) is 0 Å². The van der Waals surface area contributed by atoms with E-state index < -0.39 is 5.60 Å². The first kappa shape index (κ1) is 11.0. The maximum atomic E-state index is 10.5. The summed E-state index contributed by atoms with van der Waals surface area (Å²) < 4.78 is 0. The molecule has 2 nitrogen and oxygen atoms in total. The summed E-state index contributed by atoms with van der Waals surface area (Å²) in [6.45, 7) is 2.16. The maximum absolute atomic E-state index is 10.5. The number of hydrogen-bond acceptors (Lipinski definition) is 2. The van der Waals surface area contributed by atoms with Gasteiger partial charge in [-0.3, -0.25) is 0 Å². The van der Waals surface area contributed by atoms with Gasteiger partial charge in [-0.25, -0.2) is 0 Å². The normalized spacial score (nSPS) is 46.9. The number of terminal acetylenes is 1. The van der Waals surface area contributed by atoms with Crippen LogP contribution in [0.2, 0.25) is 0 Å². The highest BCUT2D eigenvalue weighted by Gasteiger charge is 2.48. The van der Waals surface area contributed by atoms with Gasteiger partial charge >= 0.3 is 0 Å². The zero-order valence-corrected chi connectivity index (χ0v) is 9.74. The van der Waals surface area contributed by atoms with Crippen LogP contribution in [-0.4, -0.2) is 34.7 Å². The van der Waals surface area contributed by atoms with Crippen molar-refractivity contribution in [1.29, 1.82) is 0 Å². The summed E-state index contributed by atoms with van der Waals surface area (Å²) in [6, 6.07) is 0.883. The van der Waals surface area contributed by atoms with Gasteiger partial charge < -0.3 is 10.0 Å². The van der Waals surface area contributed by atoms with Crippen LogP contribution in [0.3, 0.4) is 0 Å². The number of aliphatic hydroxyl groups is 1. The molecule has 1 saturated heterocycles.